The van der Waals surface area contributed by atoms with Gasteiger partial charge in [0.1, 0.15) is 0 Å². The second-order valence-electron chi connectivity index (χ2n) is 3.88. The topological polar surface area (TPSA) is 66.4 Å². The molecular weight excluding hydrogens is 333 g/mol. The Morgan fingerprint density at radius 3 is 2.59 bits per heavy atom. The summed E-state index contributed by atoms with van der Waals surface area (Å²) in [6.07, 6.45) is 0. The Balaban J connectivity index is 2.84. The maximum Gasteiger partial charge on any atom is 0.335 e. The van der Waals surface area contributed by atoms with E-state index in [4.69, 9.17) is 5.11 Å². The van der Waals surface area contributed by atoms with Crippen molar-refractivity contribution in [3.05, 3.63) is 29.3 Å². The van der Waals surface area contributed by atoms with Gasteiger partial charge in [-0.1, -0.05) is 29.5 Å². The van der Waals surface area contributed by atoms with Gasteiger partial charge in [-0.15, -0.1) is 0 Å². The number of carbonyl (C=O) groups is 2. The molecule has 0 bridgehead atoms. The summed E-state index contributed by atoms with van der Waals surface area (Å²) in [5, 5.41) is 11.6. The fourth-order valence-electron chi connectivity index (χ4n) is 1.32. The average molecular weight is 347 g/mol. The number of halogens is 1. The molecule has 0 aromatic heterocycles. The molecule has 0 heterocycles. The Bertz CT molecular complexity index is 445. The summed E-state index contributed by atoms with van der Waals surface area (Å²) in [7, 11) is 0. The summed E-state index contributed by atoms with van der Waals surface area (Å²) >= 11 is 2.15. The van der Waals surface area contributed by atoms with Gasteiger partial charge < -0.3 is 10.4 Å². The normalized spacial score (nSPS) is 11.9. The van der Waals surface area contributed by atoms with Gasteiger partial charge in [-0.2, -0.15) is 0 Å². The Hall–Kier alpha value is -1.11. The summed E-state index contributed by atoms with van der Waals surface area (Å²) in [5.41, 5.74) is 1.52. The Morgan fingerprint density at radius 2 is 2.12 bits per heavy atom. The first-order valence-electron chi connectivity index (χ1n) is 5.16. The van der Waals surface area contributed by atoms with Crippen molar-refractivity contribution in [1.29, 1.82) is 0 Å². The second-order valence-corrected chi connectivity index (χ2v) is 4.76. The molecule has 0 aliphatic heterocycles. The maximum absolute atomic E-state index is 11.6. The van der Waals surface area contributed by atoms with E-state index in [9.17, 15) is 9.59 Å². The van der Waals surface area contributed by atoms with E-state index in [2.05, 4.69) is 27.9 Å². The van der Waals surface area contributed by atoms with Crippen LogP contribution in [0.4, 0.5) is 5.69 Å². The van der Waals surface area contributed by atoms with Crippen molar-refractivity contribution in [3.63, 3.8) is 0 Å². The predicted molar refractivity (Wildman–Crippen MR) is 74.8 cm³/mol. The molecule has 0 radical (unpaired) electrons. The monoisotopic (exact) mass is 347 g/mol. The third-order valence-corrected chi connectivity index (χ3v) is 3.72. The van der Waals surface area contributed by atoms with E-state index in [0.29, 0.717) is 11.3 Å². The van der Waals surface area contributed by atoms with Gasteiger partial charge in [-0.25, -0.2) is 4.79 Å². The van der Waals surface area contributed by atoms with Crippen LogP contribution in [0, 0.1) is 12.8 Å². The van der Waals surface area contributed by atoms with E-state index >= 15 is 0 Å². The number of benzene rings is 1. The van der Waals surface area contributed by atoms with E-state index < -0.39 is 5.97 Å². The van der Waals surface area contributed by atoms with Crippen LogP contribution in [0.5, 0.6) is 0 Å². The van der Waals surface area contributed by atoms with Crippen LogP contribution in [-0.4, -0.2) is 21.4 Å². The summed E-state index contributed by atoms with van der Waals surface area (Å²) in [4.78, 5) is 22.5. The molecule has 0 aliphatic carbocycles. The number of nitrogens with one attached hydrogen (secondary N) is 1. The number of carbonyl (C=O) groups excluding carboxylic acids is 1. The zero-order valence-electron chi connectivity index (χ0n) is 9.66. The van der Waals surface area contributed by atoms with Gasteiger partial charge >= 0.3 is 5.97 Å². The lowest BCUT2D eigenvalue weighted by Gasteiger charge is -2.10. The Morgan fingerprint density at radius 1 is 1.47 bits per heavy atom. The fraction of sp³-hybridized carbons (Fsp3) is 0.333. The van der Waals surface area contributed by atoms with Crippen LogP contribution >= 0.6 is 22.6 Å². The number of alkyl halides is 1. The van der Waals surface area contributed by atoms with E-state index in [1.54, 1.807) is 19.1 Å². The highest BCUT2D eigenvalue weighted by Crippen LogP contribution is 2.16. The maximum atomic E-state index is 11.6. The summed E-state index contributed by atoms with van der Waals surface area (Å²) in [6.45, 7) is 3.56. The predicted octanol–water partition coefficient (Wildman–Crippen LogP) is 2.70. The van der Waals surface area contributed by atoms with Gasteiger partial charge in [0.25, 0.3) is 0 Å². The van der Waals surface area contributed by atoms with Crippen molar-refractivity contribution in [2.75, 3.05) is 9.74 Å². The summed E-state index contributed by atoms with van der Waals surface area (Å²) in [5.74, 6) is -1.07. The highest BCUT2D eigenvalue weighted by atomic mass is 127. The van der Waals surface area contributed by atoms with E-state index in [1.807, 2.05) is 6.92 Å². The number of anilines is 1. The minimum absolute atomic E-state index is 0.0538. The number of aryl methyl sites for hydroxylation is 1. The lowest BCUT2D eigenvalue weighted by Crippen LogP contribution is -2.21. The highest BCUT2D eigenvalue weighted by Gasteiger charge is 2.12. The van der Waals surface area contributed by atoms with Gasteiger partial charge in [0.15, 0.2) is 0 Å². The molecule has 4 nitrogen and oxygen atoms in total. The van der Waals surface area contributed by atoms with Crippen LogP contribution in [-0.2, 0) is 4.79 Å². The first-order valence-corrected chi connectivity index (χ1v) is 6.69. The first-order chi connectivity index (χ1) is 7.95. The molecule has 1 atom stereocenters. The molecule has 0 fully saturated rings. The number of hydrogen-bond acceptors (Lipinski definition) is 2. The van der Waals surface area contributed by atoms with Crippen LogP contribution in [0.15, 0.2) is 18.2 Å². The van der Waals surface area contributed by atoms with Gasteiger partial charge in [0, 0.05) is 16.0 Å². The molecule has 17 heavy (non-hydrogen) atoms. The van der Waals surface area contributed by atoms with Crippen LogP contribution in [0.2, 0.25) is 0 Å². The Labute approximate surface area is 114 Å². The molecule has 0 saturated carbocycles. The number of amides is 1. The van der Waals surface area contributed by atoms with Crippen LogP contribution in [0.3, 0.4) is 0 Å². The summed E-state index contributed by atoms with van der Waals surface area (Å²) in [6, 6.07) is 4.78. The van der Waals surface area contributed by atoms with Gasteiger partial charge in [0.05, 0.1) is 5.56 Å². The number of rotatable bonds is 4. The number of aromatic carboxylic acids is 1. The molecule has 1 aromatic rings. The second kappa shape index (κ2) is 6.00. The molecule has 1 amide bonds. The van der Waals surface area contributed by atoms with Crippen LogP contribution < -0.4 is 5.32 Å². The lowest BCUT2D eigenvalue weighted by atomic mass is 10.1. The fourth-order valence-corrected chi connectivity index (χ4v) is 1.72. The number of hydrogen-bond donors (Lipinski definition) is 2. The smallest absolute Gasteiger partial charge is 0.335 e. The van der Waals surface area contributed by atoms with Crippen LogP contribution in [0.1, 0.15) is 22.8 Å². The quantitative estimate of drug-likeness (QED) is 0.650. The third-order valence-electron chi connectivity index (χ3n) is 2.40. The van der Waals surface area contributed by atoms with Crippen LogP contribution in [0.25, 0.3) is 0 Å². The van der Waals surface area contributed by atoms with Gasteiger partial charge in [-0.05, 0) is 30.7 Å². The lowest BCUT2D eigenvalue weighted by molar-refractivity contribution is -0.118. The minimum atomic E-state index is -0.957. The van der Waals surface area contributed by atoms with Crippen molar-refractivity contribution in [1.82, 2.24) is 0 Å². The standard InChI is InChI=1S/C12H14INO3/c1-7-5-9(3-4-10(7)12(16)17)14-11(15)8(2)6-13/h3-5,8H,6H2,1-2H3,(H,14,15)(H,16,17). The SMILES string of the molecule is Cc1cc(NC(=O)C(C)CI)ccc1C(=O)O. The highest BCUT2D eigenvalue weighted by molar-refractivity contribution is 14.1. The number of carboxylic acids is 1. The molecular formula is C12H14INO3. The van der Waals surface area contributed by atoms with Crippen molar-refractivity contribution in [2.45, 2.75) is 13.8 Å². The molecule has 5 heteroatoms. The Kier molecular flexibility index (Phi) is 4.92. The van der Waals surface area contributed by atoms with Crippen molar-refractivity contribution in [2.24, 2.45) is 5.92 Å². The van der Waals surface area contributed by atoms with Crippen molar-refractivity contribution >= 4 is 40.2 Å². The largest absolute Gasteiger partial charge is 0.478 e. The van der Waals surface area contributed by atoms with E-state index in [-0.39, 0.29) is 17.4 Å². The van der Waals surface area contributed by atoms with Crippen molar-refractivity contribution in [3.8, 4) is 0 Å². The molecule has 0 saturated heterocycles. The third kappa shape index (κ3) is 3.69. The average Bonchev–Trinajstić information content (AvgIpc) is 2.27. The summed E-state index contributed by atoms with van der Waals surface area (Å²) < 4.78 is 0.746. The van der Waals surface area contributed by atoms with Gasteiger partial charge in [-0.3, -0.25) is 4.79 Å². The van der Waals surface area contributed by atoms with Crippen molar-refractivity contribution < 1.29 is 14.7 Å². The molecule has 1 rings (SSSR count). The molecule has 2 N–H and O–H groups in total. The van der Waals surface area contributed by atoms with E-state index in [0.717, 1.165) is 4.43 Å². The minimum Gasteiger partial charge on any atom is -0.478 e. The van der Waals surface area contributed by atoms with E-state index in [1.165, 1.54) is 6.07 Å². The molecule has 0 spiro atoms. The molecule has 0 aliphatic rings. The molecule has 1 unspecified atom stereocenters. The first kappa shape index (κ1) is 14.0. The zero-order valence-corrected chi connectivity index (χ0v) is 11.8. The molecule has 92 valence electrons. The zero-order chi connectivity index (χ0) is 13.0. The number of carboxylic acid groups (broad SMARTS) is 1. The molecule has 1 aromatic carbocycles. The van der Waals surface area contributed by atoms with Gasteiger partial charge in [0.2, 0.25) is 5.91 Å².